The lowest BCUT2D eigenvalue weighted by molar-refractivity contribution is -0.144. The van der Waals surface area contributed by atoms with Crippen LogP contribution in [0.2, 0.25) is 0 Å². The van der Waals surface area contributed by atoms with Gasteiger partial charge in [-0.1, -0.05) is 19.9 Å². The number of likely N-dealkylation sites (N-methyl/N-ethyl adjacent to an activating group) is 1. The number of carbonyl (C=O) groups excluding carboxylic acids is 2. The zero-order valence-electron chi connectivity index (χ0n) is 22.2. The number of esters is 2. The second-order valence-electron chi connectivity index (χ2n) is 10.00. The molecule has 9 nitrogen and oxygen atoms in total. The molecule has 2 aliphatic heterocycles. The van der Waals surface area contributed by atoms with E-state index in [0.29, 0.717) is 23.5 Å². The molecule has 0 aliphatic carbocycles. The molecule has 0 radical (unpaired) electrons. The van der Waals surface area contributed by atoms with E-state index in [0.717, 1.165) is 43.0 Å². The van der Waals surface area contributed by atoms with Crippen LogP contribution < -0.4 is 0 Å². The van der Waals surface area contributed by atoms with E-state index >= 15 is 0 Å². The number of aliphatic imine (C=N–C) groups is 1. The van der Waals surface area contributed by atoms with Crippen molar-refractivity contribution in [1.29, 1.82) is 0 Å². The van der Waals surface area contributed by atoms with E-state index in [1.165, 1.54) is 7.11 Å². The number of rotatable bonds is 7. The largest absolute Gasteiger partial charge is 0.468 e. The minimum absolute atomic E-state index is 0.0761. The van der Waals surface area contributed by atoms with Crippen molar-refractivity contribution in [3.63, 3.8) is 0 Å². The molecule has 2 atom stereocenters. The normalized spacial score (nSPS) is 21.7. The van der Waals surface area contributed by atoms with Gasteiger partial charge in [0.05, 0.1) is 23.9 Å². The first kappa shape index (κ1) is 26.0. The Morgan fingerprint density at radius 2 is 1.86 bits per heavy atom. The van der Waals surface area contributed by atoms with Crippen molar-refractivity contribution in [1.82, 2.24) is 19.4 Å². The summed E-state index contributed by atoms with van der Waals surface area (Å²) >= 11 is 0. The summed E-state index contributed by atoms with van der Waals surface area (Å²) in [7, 11) is 3.48. The lowest BCUT2D eigenvalue weighted by Crippen LogP contribution is -2.45. The van der Waals surface area contributed by atoms with Crippen molar-refractivity contribution in [3.8, 4) is 0 Å². The minimum atomic E-state index is -0.746. The molecule has 2 aromatic rings. The average Bonchev–Trinajstić information content (AvgIpc) is 3.24. The lowest BCUT2D eigenvalue weighted by atomic mass is 9.74. The highest BCUT2D eigenvalue weighted by Crippen LogP contribution is 2.44. The molecule has 0 aromatic carbocycles. The van der Waals surface area contributed by atoms with Gasteiger partial charge in [0.25, 0.3) is 0 Å². The summed E-state index contributed by atoms with van der Waals surface area (Å²) in [6, 6.07) is 5.81. The number of ether oxygens (including phenoxy) is 2. The lowest BCUT2D eigenvalue weighted by Gasteiger charge is -2.33. The predicted octanol–water partition coefficient (Wildman–Crippen LogP) is 2.87. The van der Waals surface area contributed by atoms with Gasteiger partial charge in [-0.3, -0.25) is 14.7 Å². The number of methoxy groups -OCH3 is 1. The molecule has 0 spiro atoms. The number of hydrogen-bond acceptors (Lipinski definition) is 8. The van der Waals surface area contributed by atoms with Gasteiger partial charge in [0, 0.05) is 61.8 Å². The highest BCUT2D eigenvalue weighted by Gasteiger charge is 2.45. The number of hydrogen-bond donors (Lipinski definition) is 0. The van der Waals surface area contributed by atoms with Crippen LogP contribution in [0, 0.1) is 5.92 Å². The van der Waals surface area contributed by atoms with E-state index in [1.54, 1.807) is 0 Å². The van der Waals surface area contributed by atoms with Crippen molar-refractivity contribution in [2.75, 3.05) is 53.5 Å². The second kappa shape index (κ2) is 10.9. The van der Waals surface area contributed by atoms with Crippen LogP contribution in [0.1, 0.15) is 50.8 Å². The number of piperazine rings is 1. The molecular weight excluding hydrogens is 458 g/mol. The molecule has 0 bridgehead atoms. The summed E-state index contributed by atoms with van der Waals surface area (Å²) in [4.78, 5) is 35.9. The Morgan fingerprint density at radius 1 is 1.14 bits per heavy atom. The molecule has 1 fully saturated rings. The van der Waals surface area contributed by atoms with Crippen LogP contribution in [0.15, 0.2) is 40.7 Å². The molecule has 2 unspecified atom stereocenters. The molecule has 4 heterocycles. The Labute approximate surface area is 212 Å². The van der Waals surface area contributed by atoms with Crippen LogP contribution in [0.4, 0.5) is 0 Å². The average molecular weight is 496 g/mol. The Bertz CT molecular complexity index is 1190. The minimum Gasteiger partial charge on any atom is -0.468 e. The Balaban J connectivity index is 1.72. The third-order valence-corrected chi connectivity index (χ3v) is 7.20. The van der Waals surface area contributed by atoms with Gasteiger partial charge in [-0.25, -0.2) is 9.31 Å². The standard InChI is InChI=1S/C27H37N5O4/c1-17(2)25-23(20-9-7-8-10-32(20)29-25)24-21(26(33)35-6)18(3)28-19(4)22(24)27(34)36-16-15-31-13-11-30(5)12-14-31/h7-10,17,21,24H,11-16H2,1-6H3. The van der Waals surface area contributed by atoms with Gasteiger partial charge in [0.1, 0.15) is 12.5 Å². The number of pyridine rings is 1. The highest BCUT2D eigenvalue weighted by molar-refractivity contribution is 6.07. The van der Waals surface area contributed by atoms with Gasteiger partial charge in [-0.2, -0.15) is 5.10 Å². The summed E-state index contributed by atoms with van der Waals surface area (Å²) in [6.07, 6.45) is 1.88. The number of fused-ring (bicyclic) bond motifs is 1. The number of nitrogens with zero attached hydrogens (tertiary/aromatic N) is 5. The highest BCUT2D eigenvalue weighted by atomic mass is 16.5. The molecule has 1 saturated heterocycles. The molecule has 0 amide bonds. The first-order valence-electron chi connectivity index (χ1n) is 12.6. The van der Waals surface area contributed by atoms with E-state index < -0.39 is 23.8 Å². The smallest absolute Gasteiger partial charge is 0.336 e. The molecule has 0 N–H and O–H groups in total. The Hall–Kier alpha value is -3.04. The quantitative estimate of drug-likeness (QED) is 0.546. The second-order valence-corrected chi connectivity index (χ2v) is 10.00. The summed E-state index contributed by atoms with van der Waals surface area (Å²) in [5, 5.41) is 4.82. The maximum Gasteiger partial charge on any atom is 0.336 e. The van der Waals surface area contributed by atoms with E-state index in [9.17, 15) is 9.59 Å². The van der Waals surface area contributed by atoms with Crippen LogP contribution in [0.25, 0.3) is 5.52 Å². The fourth-order valence-electron chi connectivity index (χ4n) is 5.24. The zero-order valence-corrected chi connectivity index (χ0v) is 22.2. The van der Waals surface area contributed by atoms with Crippen LogP contribution in [0.3, 0.4) is 0 Å². The summed E-state index contributed by atoms with van der Waals surface area (Å²) in [5.74, 6) is -2.15. The fourth-order valence-corrected chi connectivity index (χ4v) is 5.24. The fraction of sp³-hybridized carbons (Fsp3) is 0.556. The Morgan fingerprint density at radius 3 is 2.53 bits per heavy atom. The summed E-state index contributed by atoms with van der Waals surface area (Å²) in [5.41, 5.74) is 4.11. The van der Waals surface area contributed by atoms with Crippen molar-refractivity contribution < 1.29 is 19.1 Å². The van der Waals surface area contributed by atoms with Crippen molar-refractivity contribution in [2.45, 2.75) is 39.5 Å². The summed E-state index contributed by atoms with van der Waals surface area (Å²) in [6.45, 7) is 12.6. The van der Waals surface area contributed by atoms with Gasteiger partial charge in [0.2, 0.25) is 0 Å². The Kier molecular flexibility index (Phi) is 7.90. The molecule has 9 heteroatoms. The third-order valence-electron chi connectivity index (χ3n) is 7.20. The van der Waals surface area contributed by atoms with Gasteiger partial charge >= 0.3 is 11.9 Å². The van der Waals surface area contributed by atoms with Gasteiger partial charge < -0.3 is 14.4 Å². The van der Waals surface area contributed by atoms with Crippen LogP contribution in [-0.4, -0.2) is 90.6 Å². The van der Waals surface area contributed by atoms with E-state index in [1.807, 2.05) is 42.8 Å². The third kappa shape index (κ3) is 5.08. The predicted molar refractivity (Wildman–Crippen MR) is 138 cm³/mol. The number of aromatic nitrogens is 2. The van der Waals surface area contributed by atoms with E-state index in [2.05, 4.69) is 35.7 Å². The summed E-state index contributed by atoms with van der Waals surface area (Å²) < 4.78 is 12.8. The SMILES string of the molecule is COC(=O)C1C(C)=NC(C)=C(C(=O)OCCN2CCN(C)CC2)C1c1c(C(C)C)nn2ccccc12. The zero-order chi connectivity index (χ0) is 26.0. The first-order valence-corrected chi connectivity index (χ1v) is 12.6. The van der Waals surface area contributed by atoms with Gasteiger partial charge in [-0.05, 0) is 38.9 Å². The maximum absolute atomic E-state index is 13.6. The van der Waals surface area contributed by atoms with Crippen molar-refractivity contribution in [3.05, 3.63) is 46.9 Å². The molecule has 0 saturated carbocycles. The van der Waals surface area contributed by atoms with E-state index in [4.69, 9.17) is 14.6 Å². The van der Waals surface area contributed by atoms with Gasteiger partial charge in [-0.15, -0.1) is 0 Å². The van der Waals surface area contributed by atoms with Crippen LogP contribution >= 0.6 is 0 Å². The van der Waals surface area contributed by atoms with Crippen molar-refractivity contribution in [2.24, 2.45) is 10.9 Å². The monoisotopic (exact) mass is 495 g/mol. The first-order chi connectivity index (χ1) is 17.2. The molecule has 194 valence electrons. The molecule has 2 aliphatic rings. The van der Waals surface area contributed by atoms with Crippen molar-refractivity contribution >= 4 is 23.2 Å². The number of carbonyl (C=O) groups is 2. The molecule has 36 heavy (non-hydrogen) atoms. The molecule has 4 rings (SSSR count). The van der Waals surface area contributed by atoms with E-state index in [-0.39, 0.29) is 12.5 Å². The van der Waals surface area contributed by atoms with Crippen LogP contribution in [0.5, 0.6) is 0 Å². The molecule has 2 aromatic heterocycles. The maximum atomic E-state index is 13.6. The molecular formula is C27H37N5O4. The topological polar surface area (TPSA) is 88.7 Å². The van der Waals surface area contributed by atoms with Gasteiger partial charge in [0.15, 0.2) is 0 Å². The van der Waals surface area contributed by atoms with Crippen LogP contribution in [-0.2, 0) is 19.1 Å². The number of allylic oxidation sites excluding steroid dienone is 1.